The number of rotatable bonds is 8. The summed E-state index contributed by atoms with van der Waals surface area (Å²) < 4.78 is 23.1. The molecular weight excluding hydrogens is 289 g/mol. The minimum atomic E-state index is -0.499. The van der Waals surface area contributed by atoms with Crippen LogP contribution >= 0.6 is 0 Å². The normalized spacial score (nSPS) is 13.3. The lowest BCUT2D eigenvalue weighted by Crippen LogP contribution is -2.37. The number of esters is 1. The van der Waals surface area contributed by atoms with E-state index in [1.807, 2.05) is 0 Å². The molecule has 22 heavy (non-hydrogen) atoms. The van der Waals surface area contributed by atoms with Gasteiger partial charge in [0.25, 0.3) is 0 Å². The van der Waals surface area contributed by atoms with Crippen molar-refractivity contribution in [2.75, 3.05) is 21.3 Å². The summed E-state index contributed by atoms with van der Waals surface area (Å²) in [5.41, 5.74) is 0.678. The van der Waals surface area contributed by atoms with Gasteiger partial charge in [0.05, 0.1) is 26.2 Å². The quantitative estimate of drug-likeness (QED) is 0.741. The fraction of sp³-hybridized carbons (Fsp3) is 0.500. The van der Waals surface area contributed by atoms with Crippen LogP contribution in [0, 0.1) is 11.7 Å². The van der Waals surface area contributed by atoms with Gasteiger partial charge in [-0.05, 0) is 31.2 Å². The summed E-state index contributed by atoms with van der Waals surface area (Å²) in [6.45, 7) is 1.64. The number of halogens is 1. The van der Waals surface area contributed by atoms with Crippen LogP contribution in [0.3, 0.4) is 0 Å². The number of methoxy groups -OCH3 is 2. The molecular formula is C16H22FNO4. The minimum absolute atomic E-state index is 0.0802. The van der Waals surface area contributed by atoms with Crippen LogP contribution in [0.1, 0.15) is 18.9 Å². The van der Waals surface area contributed by atoms with Crippen molar-refractivity contribution in [1.29, 1.82) is 0 Å². The third-order valence-corrected chi connectivity index (χ3v) is 3.50. The number of benzene rings is 1. The monoisotopic (exact) mass is 311 g/mol. The number of likely N-dealkylation sites (N-methyl/N-ethyl adjacent to an activating group) is 1. The number of carbonyl (C=O) groups is 2. The molecule has 5 nitrogen and oxygen atoms in total. The molecule has 0 aliphatic carbocycles. The van der Waals surface area contributed by atoms with Crippen molar-refractivity contribution in [3.63, 3.8) is 0 Å². The molecule has 0 radical (unpaired) electrons. The van der Waals surface area contributed by atoms with Crippen LogP contribution in [-0.4, -0.2) is 39.1 Å². The lowest BCUT2D eigenvalue weighted by Gasteiger charge is -2.17. The van der Waals surface area contributed by atoms with Gasteiger partial charge in [-0.1, -0.05) is 13.0 Å². The highest BCUT2D eigenvalue weighted by Gasteiger charge is 2.23. The van der Waals surface area contributed by atoms with Crippen molar-refractivity contribution >= 4 is 11.8 Å². The summed E-state index contributed by atoms with van der Waals surface area (Å²) in [5, 5.41) is 2.91. The van der Waals surface area contributed by atoms with Crippen molar-refractivity contribution in [3.05, 3.63) is 29.6 Å². The van der Waals surface area contributed by atoms with Crippen molar-refractivity contribution < 1.29 is 23.5 Å². The molecule has 0 aliphatic rings. The van der Waals surface area contributed by atoms with Crippen LogP contribution in [0.2, 0.25) is 0 Å². The Morgan fingerprint density at radius 3 is 2.50 bits per heavy atom. The maximum atomic E-state index is 13.7. The summed E-state index contributed by atoms with van der Waals surface area (Å²) in [6.07, 6.45) is 0.418. The van der Waals surface area contributed by atoms with E-state index in [2.05, 4.69) is 10.1 Å². The Bertz CT molecular complexity index is 533. The average Bonchev–Trinajstić information content (AvgIpc) is 2.51. The molecule has 0 amide bonds. The van der Waals surface area contributed by atoms with E-state index in [1.165, 1.54) is 26.4 Å². The molecule has 0 bridgehead atoms. The fourth-order valence-electron chi connectivity index (χ4n) is 2.18. The lowest BCUT2D eigenvalue weighted by molar-refractivity contribution is -0.146. The van der Waals surface area contributed by atoms with Gasteiger partial charge < -0.3 is 14.8 Å². The molecule has 0 aliphatic heterocycles. The molecule has 0 heterocycles. The fourth-order valence-corrected chi connectivity index (χ4v) is 2.18. The zero-order valence-corrected chi connectivity index (χ0v) is 13.3. The Balaban J connectivity index is 2.73. The van der Waals surface area contributed by atoms with E-state index in [9.17, 15) is 14.0 Å². The maximum Gasteiger partial charge on any atom is 0.308 e. The zero-order valence-electron chi connectivity index (χ0n) is 13.3. The third kappa shape index (κ3) is 4.80. The molecule has 1 rings (SSSR count). The van der Waals surface area contributed by atoms with Gasteiger partial charge in [-0.25, -0.2) is 4.39 Å². The second-order valence-corrected chi connectivity index (χ2v) is 5.11. The molecule has 1 N–H and O–H groups in total. The Morgan fingerprint density at radius 1 is 1.32 bits per heavy atom. The second kappa shape index (κ2) is 8.48. The molecule has 6 heteroatoms. The first-order valence-corrected chi connectivity index (χ1v) is 7.03. The molecule has 0 saturated heterocycles. The summed E-state index contributed by atoms with van der Waals surface area (Å²) in [4.78, 5) is 23.6. The molecule has 0 aromatic heterocycles. The van der Waals surface area contributed by atoms with Gasteiger partial charge in [-0.3, -0.25) is 9.59 Å². The maximum absolute atomic E-state index is 13.7. The van der Waals surface area contributed by atoms with Crippen molar-refractivity contribution in [2.24, 2.45) is 5.92 Å². The van der Waals surface area contributed by atoms with Crippen LogP contribution < -0.4 is 10.1 Å². The van der Waals surface area contributed by atoms with Gasteiger partial charge in [0, 0.05) is 6.42 Å². The molecule has 1 aromatic carbocycles. The number of ether oxygens (including phenoxy) is 2. The molecule has 0 fully saturated rings. The van der Waals surface area contributed by atoms with E-state index < -0.39 is 23.7 Å². The Labute approximate surface area is 129 Å². The molecule has 2 atom stereocenters. The van der Waals surface area contributed by atoms with Crippen molar-refractivity contribution in [1.82, 2.24) is 5.32 Å². The smallest absolute Gasteiger partial charge is 0.308 e. The summed E-state index contributed by atoms with van der Waals surface area (Å²) in [6, 6.07) is 4.10. The Morgan fingerprint density at radius 2 is 2.00 bits per heavy atom. The van der Waals surface area contributed by atoms with Gasteiger partial charge in [0.2, 0.25) is 0 Å². The standard InChI is InChI=1S/C16H22FNO4/c1-10(16(20)22-4)7-14(19)13(18-2)9-11-5-6-15(21-3)12(17)8-11/h5-6,8,10,13,18H,7,9H2,1-4H3/t10-,13+/m1/s1. The second-order valence-electron chi connectivity index (χ2n) is 5.11. The SMILES string of the molecule is CN[C@@H](Cc1ccc(OC)c(F)c1)C(=O)C[C@@H](C)C(=O)OC. The van der Waals surface area contributed by atoms with Gasteiger partial charge in [0.1, 0.15) is 0 Å². The first kappa shape index (κ1) is 18.1. The van der Waals surface area contributed by atoms with Gasteiger partial charge in [-0.2, -0.15) is 0 Å². The van der Waals surface area contributed by atoms with E-state index in [1.54, 1.807) is 20.0 Å². The zero-order chi connectivity index (χ0) is 16.7. The van der Waals surface area contributed by atoms with Crippen LogP contribution in [-0.2, 0) is 20.7 Å². The number of nitrogens with one attached hydrogen (secondary N) is 1. The molecule has 0 saturated carbocycles. The number of carbonyl (C=O) groups excluding carboxylic acids is 2. The molecule has 0 spiro atoms. The third-order valence-electron chi connectivity index (χ3n) is 3.50. The number of hydrogen-bond donors (Lipinski definition) is 1. The van der Waals surface area contributed by atoms with Gasteiger partial charge in [0.15, 0.2) is 17.3 Å². The number of hydrogen-bond acceptors (Lipinski definition) is 5. The van der Waals surface area contributed by atoms with Crippen molar-refractivity contribution in [3.8, 4) is 5.75 Å². The van der Waals surface area contributed by atoms with Crippen LogP contribution in [0.5, 0.6) is 5.75 Å². The highest BCUT2D eigenvalue weighted by atomic mass is 19.1. The van der Waals surface area contributed by atoms with Gasteiger partial charge in [-0.15, -0.1) is 0 Å². The van der Waals surface area contributed by atoms with Crippen LogP contribution in [0.25, 0.3) is 0 Å². The number of Topliss-reactive ketones (excluding diaryl/α,β-unsaturated/α-hetero) is 1. The summed E-state index contributed by atoms with van der Waals surface area (Å²) in [7, 11) is 4.34. The van der Waals surface area contributed by atoms with E-state index in [-0.39, 0.29) is 18.0 Å². The highest BCUT2D eigenvalue weighted by molar-refractivity contribution is 5.88. The van der Waals surface area contributed by atoms with Crippen LogP contribution in [0.4, 0.5) is 4.39 Å². The topological polar surface area (TPSA) is 64.6 Å². The van der Waals surface area contributed by atoms with E-state index in [0.29, 0.717) is 12.0 Å². The molecule has 1 aromatic rings. The summed E-state index contributed by atoms with van der Waals surface area (Å²) in [5.74, 6) is -1.34. The average molecular weight is 311 g/mol. The predicted molar refractivity (Wildman–Crippen MR) is 80.3 cm³/mol. The lowest BCUT2D eigenvalue weighted by atomic mass is 9.95. The predicted octanol–water partition coefficient (Wildman–Crippen LogP) is 1.73. The first-order valence-electron chi connectivity index (χ1n) is 7.03. The Hall–Kier alpha value is -1.95. The first-order chi connectivity index (χ1) is 10.4. The molecule has 0 unspecified atom stereocenters. The summed E-state index contributed by atoms with van der Waals surface area (Å²) >= 11 is 0. The Kier molecular flexibility index (Phi) is 6.98. The van der Waals surface area contributed by atoms with Crippen molar-refractivity contribution in [2.45, 2.75) is 25.8 Å². The number of ketones is 1. The van der Waals surface area contributed by atoms with E-state index in [0.717, 1.165) is 0 Å². The largest absolute Gasteiger partial charge is 0.494 e. The molecule has 122 valence electrons. The van der Waals surface area contributed by atoms with Crippen LogP contribution in [0.15, 0.2) is 18.2 Å². The highest BCUT2D eigenvalue weighted by Crippen LogP contribution is 2.19. The van der Waals surface area contributed by atoms with E-state index in [4.69, 9.17) is 4.74 Å². The minimum Gasteiger partial charge on any atom is -0.494 e. The van der Waals surface area contributed by atoms with E-state index >= 15 is 0 Å². The van der Waals surface area contributed by atoms with Gasteiger partial charge >= 0.3 is 5.97 Å².